The quantitative estimate of drug-likeness (QED) is 0.685. The van der Waals surface area contributed by atoms with E-state index in [9.17, 15) is 0 Å². The van der Waals surface area contributed by atoms with Crippen molar-refractivity contribution >= 4 is 29.1 Å². The highest BCUT2D eigenvalue weighted by Crippen LogP contribution is 2.36. The van der Waals surface area contributed by atoms with Crippen molar-refractivity contribution in [3.63, 3.8) is 0 Å². The van der Waals surface area contributed by atoms with Gasteiger partial charge in [-0.1, -0.05) is 23.7 Å². The van der Waals surface area contributed by atoms with Crippen LogP contribution >= 0.6 is 23.4 Å². The minimum atomic E-state index is 0.291. The molecule has 0 saturated carbocycles. The maximum Gasteiger partial charge on any atom is 0.189 e. The van der Waals surface area contributed by atoms with Gasteiger partial charge in [-0.3, -0.25) is 0 Å². The monoisotopic (exact) mass is 307 g/mol. The lowest BCUT2D eigenvalue weighted by Crippen LogP contribution is -2.12. The summed E-state index contributed by atoms with van der Waals surface area (Å²) in [5, 5.41) is 0.703. The fourth-order valence-electron chi connectivity index (χ4n) is 2.13. The van der Waals surface area contributed by atoms with E-state index in [2.05, 4.69) is 0 Å². The van der Waals surface area contributed by atoms with Gasteiger partial charge in [0.15, 0.2) is 6.79 Å². The molecule has 2 aromatic rings. The zero-order valence-corrected chi connectivity index (χ0v) is 12.3. The van der Waals surface area contributed by atoms with Gasteiger partial charge < -0.3 is 15.2 Å². The minimum absolute atomic E-state index is 0.291. The van der Waals surface area contributed by atoms with Crippen molar-refractivity contribution in [2.75, 3.05) is 12.5 Å². The van der Waals surface area contributed by atoms with Crippen LogP contribution in [0.4, 0.5) is 5.69 Å². The highest BCUT2D eigenvalue weighted by Gasteiger charge is 2.16. The van der Waals surface area contributed by atoms with Crippen molar-refractivity contribution in [3.8, 4) is 5.75 Å². The molecule has 1 aliphatic heterocycles. The fraction of sp³-hybridized carbons (Fsp3) is 0.200. The van der Waals surface area contributed by atoms with E-state index in [1.165, 1.54) is 0 Å². The number of hydrogen-bond acceptors (Lipinski definition) is 4. The molecular formula is C15H14ClNO2S. The first-order valence-corrected chi connectivity index (χ1v) is 7.59. The first-order chi connectivity index (χ1) is 9.74. The number of anilines is 1. The van der Waals surface area contributed by atoms with Gasteiger partial charge in [0.05, 0.1) is 6.61 Å². The lowest BCUT2D eigenvalue weighted by Gasteiger charge is -2.21. The van der Waals surface area contributed by atoms with Gasteiger partial charge in [0.2, 0.25) is 0 Å². The topological polar surface area (TPSA) is 44.5 Å². The summed E-state index contributed by atoms with van der Waals surface area (Å²) >= 11 is 7.83. The zero-order chi connectivity index (χ0) is 13.9. The number of nitrogens with two attached hydrogens (primary N) is 1. The Balaban J connectivity index is 1.84. The number of ether oxygens (including phenoxy) is 2. The molecule has 0 saturated heterocycles. The number of rotatable bonds is 3. The van der Waals surface area contributed by atoms with Gasteiger partial charge in [-0.05, 0) is 24.3 Å². The number of fused-ring (bicyclic) bond motifs is 1. The van der Waals surface area contributed by atoms with Crippen molar-refractivity contribution in [3.05, 3.63) is 52.5 Å². The smallest absolute Gasteiger partial charge is 0.189 e. The Labute approximate surface area is 127 Å². The number of nitrogen functional groups attached to an aromatic ring is 1. The standard InChI is InChI=1S/C15H14ClNO2S/c16-12-5-10-7-18-9-19-15(10)11(6-12)8-20-14-4-2-1-3-13(14)17/h1-6H,7-9,17H2. The molecule has 3 nitrogen and oxygen atoms in total. The van der Waals surface area contributed by atoms with E-state index < -0.39 is 0 Å². The minimum Gasteiger partial charge on any atom is -0.467 e. The first-order valence-electron chi connectivity index (χ1n) is 6.23. The average molecular weight is 308 g/mol. The summed E-state index contributed by atoms with van der Waals surface area (Å²) in [6.07, 6.45) is 0. The molecule has 20 heavy (non-hydrogen) atoms. The first kappa shape index (κ1) is 13.6. The Bertz CT molecular complexity index is 633. The third-order valence-corrected chi connectivity index (χ3v) is 4.41. The van der Waals surface area contributed by atoms with Gasteiger partial charge in [-0.2, -0.15) is 0 Å². The summed E-state index contributed by atoms with van der Waals surface area (Å²) in [6, 6.07) is 11.7. The van der Waals surface area contributed by atoms with E-state index in [0.29, 0.717) is 18.4 Å². The molecule has 0 fully saturated rings. The molecule has 104 valence electrons. The largest absolute Gasteiger partial charge is 0.467 e. The van der Waals surface area contributed by atoms with Crippen molar-refractivity contribution in [1.82, 2.24) is 0 Å². The van der Waals surface area contributed by atoms with Crippen LogP contribution in [0.2, 0.25) is 5.02 Å². The summed E-state index contributed by atoms with van der Waals surface area (Å²) in [5.41, 5.74) is 8.82. The summed E-state index contributed by atoms with van der Waals surface area (Å²) < 4.78 is 10.9. The molecule has 0 aromatic heterocycles. The molecule has 5 heteroatoms. The second-order valence-electron chi connectivity index (χ2n) is 4.49. The van der Waals surface area contributed by atoms with E-state index in [1.54, 1.807) is 11.8 Å². The van der Waals surface area contributed by atoms with Crippen LogP contribution in [0.5, 0.6) is 5.75 Å². The molecule has 2 aromatic carbocycles. The summed E-state index contributed by atoms with van der Waals surface area (Å²) in [4.78, 5) is 1.06. The molecule has 0 unspecified atom stereocenters. The van der Waals surface area contributed by atoms with Gasteiger partial charge in [0.25, 0.3) is 0 Å². The molecule has 0 atom stereocenters. The van der Waals surface area contributed by atoms with Gasteiger partial charge in [-0.15, -0.1) is 11.8 Å². The maximum atomic E-state index is 6.15. The van der Waals surface area contributed by atoms with Crippen molar-refractivity contribution in [2.45, 2.75) is 17.3 Å². The highest BCUT2D eigenvalue weighted by atomic mass is 35.5. The van der Waals surface area contributed by atoms with Crippen molar-refractivity contribution in [2.24, 2.45) is 0 Å². The van der Waals surface area contributed by atoms with Crippen LogP contribution in [-0.4, -0.2) is 6.79 Å². The third-order valence-electron chi connectivity index (χ3n) is 3.05. The lowest BCUT2D eigenvalue weighted by atomic mass is 10.1. The predicted octanol–water partition coefficient (Wildman–Crippen LogP) is 4.08. The number of para-hydroxylation sites is 1. The second-order valence-corrected chi connectivity index (χ2v) is 5.94. The van der Waals surface area contributed by atoms with Crippen LogP contribution in [0.25, 0.3) is 0 Å². The molecule has 0 amide bonds. The Morgan fingerprint density at radius 3 is 2.95 bits per heavy atom. The number of hydrogen-bond donors (Lipinski definition) is 1. The molecule has 0 aliphatic carbocycles. The third kappa shape index (κ3) is 2.87. The van der Waals surface area contributed by atoms with Crippen LogP contribution in [0.15, 0.2) is 41.3 Å². The number of halogens is 1. The Hall–Kier alpha value is -1.36. The molecule has 0 radical (unpaired) electrons. The van der Waals surface area contributed by atoms with Gasteiger partial charge in [0.1, 0.15) is 5.75 Å². The van der Waals surface area contributed by atoms with E-state index >= 15 is 0 Å². The van der Waals surface area contributed by atoms with Gasteiger partial charge in [0, 0.05) is 32.5 Å². The predicted molar refractivity (Wildman–Crippen MR) is 82.2 cm³/mol. The Kier molecular flexibility index (Phi) is 4.05. The van der Waals surface area contributed by atoms with E-state index in [-0.39, 0.29) is 0 Å². The van der Waals surface area contributed by atoms with E-state index in [4.69, 9.17) is 26.8 Å². The molecule has 0 spiro atoms. The number of thioether (sulfide) groups is 1. The SMILES string of the molecule is Nc1ccccc1SCc1cc(Cl)cc2c1OCOC2. The van der Waals surface area contributed by atoms with E-state index in [1.807, 2.05) is 36.4 Å². The van der Waals surface area contributed by atoms with Crippen molar-refractivity contribution < 1.29 is 9.47 Å². The van der Waals surface area contributed by atoms with Crippen LogP contribution < -0.4 is 10.5 Å². The zero-order valence-electron chi connectivity index (χ0n) is 10.8. The van der Waals surface area contributed by atoms with Gasteiger partial charge in [-0.25, -0.2) is 0 Å². The second kappa shape index (κ2) is 5.95. The van der Waals surface area contributed by atoms with Crippen LogP contribution in [0.3, 0.4) is 0 Å². The maximum absolute atomic E-state index is 6.15. The molecule has 2 N–H and O–H groups in total. The Morgan fingerprint density at radius 2 is 2.10 bits per heavy atom. The average Bonchev–Trinajstić information content (AvgIpc) is 2.46. The normalized spacial score (nSPS) is 13.7. The van der Waals surface area contributed by atoms with Crippen LogP contribution in [0.1, 0.15) is 11.1 Å². The molecule has 0 bridgehead atoms. The fourth-order valence-corrected chi connectivity index (χ4v) is 3.33. The summed E-state index contributed by atoms with van der Waals surface area (Å²) in [7, 11) is 0. The highest BCUT2D eigenvalue weighted by molar-refractivity contribution is 7.98. The van der Waals surface area contributed by atoms with Gasteiger partial charge >= 0.3 is 0 Å². The van der Waals surface area contributed by atoms with Crippen LogP contribution in [0, 0.1) is 0 Å². The number of benzene rings is 2. The lowest BCUT2D eigenvalue weighted by molar-refractivity contribution is -0.0168. The molecule has 3 rings (SSSR count). The molecule has 1 aliphatic rings. The Morgan fingerprint density at radius 1 is 1.25 bits per heavy atom. The molecular weight excluding hydrogens is 294 g/mol. The van der Waals surface area contributed by atoms with Crippen molar-refractivity contribution in [1.29, 1.82) is 0 Å². The summed E-state index contributed by atoms with van der Waals surface area (Å²) in [5.74, 6) is 1.65. The van der Waals surface area contributed by atoms with Crippen LogP contribution in [-0.2, 0) is 17.1 Å². The molecule has 1 heterocycles. The summed E-state index contributed by atoms with van der Waals surface area (Å²) in [6.45, 7) is 0.834. The van der Waals surface area contributed by atoms with E-state index in [0.717, 1.165) is 33.2 Å².